The monoisotopic (exact) mass is 536 g/mol. The largest absolute Gasteiger partial charge is 0.460 e. The molecule has 2 fully saturated rings. The molecule has 2 saturated heterocycles. The van der Waals surface area contributed by atoms with Gasteiger partial charge in [0.25, 0.3) is 0 Å². The molecule has 0 amide bonds. The summed E-state index contributed by atoms with van der Waals surface area (Å²) in [5.74, 6) is -4.82. The average Bonchev–Trinajstić information content (AvgIpc) is 3.27. The van der Waals surface area contributed by atoms with Crippen LogP contribution in [0.4, 0.5) is 0 Å². The van der Waals surface area contributed by atoms with Gasteiger partial charge in [0.05, 0.1) is 38.1 Å². The third-order valence-electron chi connectivity index (χ3n) is 7.50. The summed E-state index contributed by atoms with van der Waals surface area (Å²) in [6, 6.07) is 16.3. The first-order valence-corrected chi connectivity index (χ1v) is 13.4. The molecule has 2 aromatic rings. The molecule has 8 nitrogen and oxygen atoms in total. The SMILES string of the molecule is CC1(C)COC2(OC1)c1ccccc1C(=O)[C@H]1[C@@H]2CO[C@@]1(CC(=O)OC(C)(C)C)C(=O)OCc1ccccc1. The van der Waals surface area contributed by atoms with Crippen LogP contribution in [-0.4, -0.2) is 48.7 Å². The summed E-state index contributed by atoms with van der Waals surface area (Å²) in [5, 5.41) is 0. The van der Waals surface area contributed by atoms with Gasteiger partial charge in [0, 0.05) is 16.5 Å². The molecule has 0 N–H and O–H groups in total. The lowest BCUT2D eigenvalue weighted by molar-refractivity contribution is -0.336. The van der Waals surface area contributed by atoms with Crippen LogP contribution in [-0.2, 0) is 45.7 Å². The van der Waals surface area contributed by atoms with Gasteiger partial charge in [0.15, 0.2) is 11.4 Å². The van der Waals surface area contributed by atoms with E-state index < -0.39 is 47.2 Å². The summed E-state index contributed by atoms with van der Waals surface area (Å²) >= 11 is 0. The fraction of sp³-hybridized carbons (Fsp3) is 0.516. The summed E-state index contributed by atoms with van der Waals surface area (Å²) in [6.45, 7) is 10.0. The molecule has 5 rings (SSSR count). The van der Waals surface area contributed by atoms with E-state index in [9.17, 15) is 14.4 Å². The van der Waals surface area contributed by atoms with Crippen molar-refractivity contribution in [1.29, 1.82) is 0 Å². The minimum absolute atomic E-state index is 0.0333. The van der Waals surface area contributed by atoms with E-state index in [2.05, 4.69) is 0 Å². The Hall–Kier alpha value is -3.07. The molecule has 1 aliphatic carbocycles. The molecule has 8 heteroatoms. The van der Waals surface area contributed by atoms with Gasteiger partial charge in [0.2, 0.25) is 5.79 Å². The van der Waals surface area contributed by atoms with Crippen LogP contribution in [0.5, 0.6) is 0 Å². The van der Waals surface area contributed by atoms with Crippen LogP contribution in [0, 0.1) is 17.3 Å². The highest BCUT2D eigenvalue weighted by Crippen LogP contribution is 2.57. The van der Waals surface area contributed by atoms with Gasteiger partial charge in [-0.05, 0) is 26.3 Å². The molecule has 2 heterocycles. The van der Waals surface area contributed by atoms with Crippen molar-refractivity contribution in [3.8, 4) is 0 Å². The first kappa shape index (κ1) is 27.5. The predicted molar refractivity (Wildman–Crippen MR) is 140 cm³/mol. The van der Waals surface area contributed by atoms with E-state index in [1.165, 1.54) is 0 Å². The van der Waals surface area contributed by atoms with E-state index in [-0.39, 0.29) is 24.4 Å². The minimum Gasteiger partial charge on any atom is -0.460 e. The predicted octanol–water partition coefficient (Wildman–Crippen LogP) is 4.59. The van der Waals surface area contributed by atoms with E-state index >= 15 is 0 Å². The van der Waals surface area contributed by atoms with E-state index in [1.807, 2.05) is 56.3 Å². The van der Waals surface area contributed by atoms with Gasteiger partial charge >= 0.3 is 11.9 Å². The van der Waals surface area contributed by atoms with Crippen molar-refractivity contribution >= 4 is 17.7 Å². The Morgan fingerprint density at radius 1 is 0.949 bits per heavy atom. The zero-order valence-corrected chi connectivity index (χ0v) is 23.2. The highest BCUT2D eigenvalue weighted by Gasteiger charge is 2.69. The Balaban J connectivity index is 1.57. The number of hydrogen-bond donors (Lipinski definition) is 0. The standard InChI is InChI=1S/C31H36O8/c1-28(2,3)39-24(32)15-30(27(34)35-16-20-11-7-6-8-12-20)25-23(17-36-30)31(37-18-29(4,5)19-38-31)22-14-10-9-13-21(22)26(25)33/h6-14,23,25H,15-19H2,1-5H3/t23-,25+,30+/m0/s1. The quantitative estimate of drug-likeness (QED) is 0.512. The number of ketones is 1. The summed E-state index contributed by atoms with van der Waals surface area (Å²) < 4.78 is 30.5. The van der Waals surface area contributed by atoms with Gasteiger partial charge in [-0.25, -0.2) is 4.79 Å². The van der Waals surface area contributed by atoms with Crippen molar-refractivity contribution in [2.75, 3.05) is 19.8 Å². The third kappa shape index (κ3) is 5.01. The molecular weight excluding hydrogens is 500 g/mol. The van der Waals surface area contributed by atoms with E-state index in [4.69, 9.17) is 23.7 Å². The van der Waals surface area contributed by atoms with Crippen molar-refractivity contribution in [3.63, 3.8) is 0 Å². The second-order valence-corrected chi connectivity index (χ2v) is 12.4. The topological polar surface area (TPSA) is 97.4 Å². The van der Waals surface area contributed by atoms with Crippen molar-refractivity contribution in [2.45, 2.75) is 64.6 Å². The van der Waals surface area contributed by atoms with Crippen LogP contribution in [0.25, 0.3) is 0 Å². The number of benzene rings is 2. The van der Waals surface area contributed by atoms with E-state index in [1.54, 1.807) is 32.9 Å². The van der Waals surface area contributed by atoms with Crippen LogP contribution in [0.15, 0.2) is 54.6 Å². The molecular formula is C31H36O8. The Kier molecular flexibility index (Phi) is 6.94. The molecule has 1 spiro atoms. The number of carbonyl (C=O) groups is 3. The molecule has 0 unspecified atom stereocenters. The molecule has 2 aliphatic heterocycles. The lowest BCUT2D eigenvalue weighted by atomic mass is 9.65. The Morgan fingerprint density at radius 3 is 2.26 bits per heavy atom. The van der Waals surface area contributed by atoms with Gasteiger partial charge in [-0.3, -0.25) is 9.59 Å². The summed E-state index contributed by atoms with van der Waals surface area (Å²) in [6.07, 6.45) is -0.478. The molecule has 2 aromatic carbocycles. The molecule has 0 aromatic heterocycles. The van der Waals surface area contributed by atoms with Crippen molar-refractivity contribution < 1.29 is 38.1 Å². The zero-order chi connectivity index (χ0) is 28.1. The minimum atomic E-state index is -1.90. The molecule has 3 aliphatic rings. The van der Waals surface area contributed by atoms with Crippen LogP contribution < -0.4 is 0 Å². The van der Waals surface area contributed by atoms with Gasteiger partial charge in [-0.15, -0.1) is 0 Å². The van der Waals surface area contributed by atoms with Crippen molar-refractivity contribution in [1.82, 2.24) is 0 Å². The van der Waals surface area contributed by atoms with Crippen molar-refractivity contribution in [3.05, 3.63) is 71.3 Å². The smallest absolute Gasteiger partial charge is 0.340 e. The summed E-state index contributed by atoms with van der Waals surface area (Å²) in [7, 11) is 0. The van der Waals surface area contributed by atoms with Gasteiger partial charge < -0.3 is 23.7 Å². The van der Waals surface area contributed by atoms with Crippen LogP contribution in [0.2, 0.25) is 0 Å². The van der Waals surface area contributed by atoms with E-state index in [0.717, 1.165) is 5.56 Å². The number of Topliss-reactive ketones (excluding diaryl/α,β-unsaturated/α-hetero) is 1. The number of ether oxygens (including phenoxy) is 5. The van der Waals surface area contributed by atoms with Gasteiger partial charge in [0.1, 0.15) is 12.2 Å². The molecule has 208 valence electrons. The number of carbonyl (C=O) groups excluding carboxylic acids is 3. The summed E-state index contributed by atoms with van der Waals surface area (Å²) in [5.41, 5.74) is -1.17. The lowest BCUT2D eigenvalue weighted by Gasteiger charge is -2.50. The van der Waals surface area contributed by atoms with E-state index in [0.29, 0.717) is 24.3 Å². The first-order valence-electron chi connectivity index (χ1n) is 13.4. The number of hydrogen-bond acceptors (Lipinski definition) is 8. The molecule has 0 bridgehead atoms. The molecule has 0 radical (unpaired) electrons. The zero-order valence-electron chi connectivity index (χ0n) is 23.2. The maximum atomic E-state index is 14.2. The Bertz CT molecular complexity index is 1250. The fourth-order valence-electron chi connectivity index (χ4n) is 5.76. The first-order chi connectivity index (χ1) is 18.4. The number of fused-ring (bicyclic) bond motifs is 4. The lowest BCUT2D eigenvalue weighted by Crippen LogP contribution is -2.60. The Labute approximate surface area is 228 Å². The molecule has 0 saturated carbocycles. The third-order valence-corrected chi connectivity index (χ3v) is 7.50. The van der Waals surface area contributed by atoms with Gasteiger partial charge in [-0.1, -0.05) is 68.4 Å². The second-order valence-electron chi connectivity index (χ2n) is 12.4. The normalized spacial score (nSPS) is 26.9. The van der Waals surface area contributed by atoms with Crippen LogP contribution in [0.3, 0.4) is 0 Å². The maximum absolute atomic E-state index is 14.2. The van der Waals surface area contributed by atoms with Crippen LogP contribution in [0.1, 0.15) is 62.5 Å². The average molecular weight is 537 g/mol. The van der Waals surface area contributed by atoms with Crippen LogP contribution >= 0.6 is 0 Å². The van der Waals surface area contributed by atoms with Crippen molar-refractivity contribution in [2.24, 2.45) is 17.3 Å². The Morgan fingerprint density at radius 2 is 1.59 bits per heavy atom. The molecule has 3 atom stereocenters. The maximum Gasteiger partial charge on any atom is 0.340 e. The number of esters is 2. The second kappa shape index (κ2) is 9.84. The summed E-state index contributed by atoms with van der Waals surface area (Å²) in [4.78, 5) is 41.3. The highest BCUT2D eigenvalue weighted by molar-refractivity contribution is 6.06. The fourth-order valence-corrected chi connectivity index (χ4v) is 5.76. The molecule has 39 heavy (non-hydrogen) atoms. The highest BCUT2D eigenvalue weighted by atomic mass is 16.7. The number of rotatable bonds is 5. The van der Waals surface area contributed by atoms with Gasteiger partial charge in [-0.2, -0.15) is 0 Å².